The van der Waals surface area contributed by atoms with Gasteiger partial charge in [-0.25, -0.2) is 18.4 Å². The topological polar surface area (TPSA) is 80.2 Å². The summed E-state index contributed by atoms with van der Waals surface area (Å²) >= 11 is 3.03. The number of carbonyl (C=O) groups is 1. The summed E-state index contributed by atoms with van der Waals surface area (Å²) in [5.74, 6) is -0.0842. The van der Waals surface area contributed by atoms with E-state index in [0.717, 1.165) is 26.8 Å². The summed E-state index contributed by atoms with van der Waals surface area (Å²) in [6.45, 7) is 7.59. The van der Waals surface area contributed by atoms with Gasteiger partial charge in [-0.1, -0.05) is 30.3 Å². The number of benzene rings is 1. The van der Waals surface area contributed by atoms with E-state index in [1.54, 1.807) is 25.2 Å². The molecule has 0 radical (unpaired) electrons. The minimum Gasteiger partial charge on any atom is -0.297 e. The van der Waals surface area contributed by atoms with E-state index in [-0.39, 0.29) is 18.1 Å². The first-order valence-corrected chi connectivity index (χ1v) is 13.8. The summed E-state index contributed by atoms with van der Waals surface area (Å²) in [5.41, 5.74) is 2.84. The van der Waals surface area contributed by atoms with Crippen LogP contribution in [0.15, 0.2) is 35.7 Å². The molecule has 9 heteroatoms. The van der Waals surface area contributed by atoms with Crippen molar-refractivity contribution in [3.63, 3.8) is 0 Å². The number of rotatable bonds is 7. The summed E-state index contributed by atoms with van der Waals surface area (Å²) in [4.78, 5) is 23.5. The molecule has 0 aliphatic carbocycles. The quantitative estimate of drug-likeness (QED) is 0.485. The van der Waals surface area contributed by atoms with Crippen LogP contribution in [0.25, 0.3) is 10.6 Å². The lowest BCUT2D eigenvalue weighted by molar-refractivity contribution is -0.121. The number of sulfonamides is 1. The molecule has 2 atom stereocenters. The van der Waals surface area contributed by atoms with Crippen molar-refractivity contribution in [2.75, 3.05) is 6.54 Å². The van der Waals surface area contributed by atoms with E-state index in [1.807, 2.05) is 49.6 Å². The maximum Gasteiger partial charge on any atom is 0.217 e. The molecule has 0 spiro atoms. The van der Waals surface area contributed by atoms with Gasteiger partial charge in [0.2, 0.25) is 10.0 Å². The standard InChI is InChI=1S/C23H27N3O3S3/c1-14(2)32(28,29)26-12-18(17-8-6-5-7-9-17)10-20(26)21(27)11-22-25-19(13-30-22)23-15(3)24-16(4)31-23/h5-9,13-14,18,20H,10-12H2,1-4H3/t18-,20+/m1/s1. The van der Waals surface area contributed by atoms with Crippen molar-refractivity contribution in [3.8, 4) is 10.6 Å². The highest BCUT2D eigenvalue weighted by Gasteiger charge is 2.44. The van der Waals surface area contributed by atoms with Crippen LogP contribution in [-0.4, -0.2) is 46.3 Å². The summed E-state index contributed by atoms with van der Waals surface area (Å²) in [7, 11) is -3.56. The third-order valence-corrected chi connectivity index (χ3v) is 10.0. The van der Waals surface area contributed by atoms with Gasteiger partial charge in [0.25, 0.3) is 0 Å². The molecule has 1 aromatic carbocycles. The molecule has 2 aromatic heterocycles. The Kier molecular flexibility index (Phi) is 6.63. The average molecular weight is 490 g/mol. The van der Waals surface area contributed by atoms with Crippen molar-refractivity contribution in [1.29, 1.82) is 0 Å². The maximum atomic E-state index is 13.3. The van der Waals surface area contributed by atoms with Gasteiger partial charge in [-0.2, -0.15) is 4.31 Å². The zero-order chi connectivity index (χ0) is 23.0. The summed E-state index contributed by atoms with van der Waals surface area (Å²) in [5, 5.41) is 3.07. The second-order valence-electron chi connectivity index (χ2n) is 8.44. The third-order valence-electron chi connectivity index (χ3n) is 5.83. The first-order chi connectivity index (χ1) is 15.2. The Morgan fingerprint density at radius 3 is 2.53 bits per heavy atom. The number of Topliss-reactive ketones (excluding diaryl/α,β-unsaturated/α-hetero) is 1. The maximum absolute atomic E-state index is 13.3. The first-order valence-electron chi connectivity index (χ1n) is 10.6. The number of aryl methyl sites for hydroxylation is 2. The van der Waals surface area contributed by atoms with Gasteiger partial charge in [0.15, 0.2) is 5.78 Å². The van der Waals surface area contributed by atoms with Crippen LogP contribution in [0.2, 0.25) is 0 Å². The molecule has 3 aromatic rings. The van der Waals surface area contributed by atoms with Crippen molar-refractivity contribution >= 4 is 38.5 Å². The van der Waals surface area contributed by atoms with E-state index in [9.17, 15) is 13.2 Å². The van der Waals surface area contributed by atoms with Crippen LogP contribution in [0.1, 0.15) is 47.5 Å². The molecular formula is C23H27N3O3S3. The highest BCUT2D eigenvalue weighted by Crippen LogP contribution is 2.36. The molecule has 32 heavy (non-hydrogen) atoms. The fourth-order valence-corrected chi connectivity index (χ4v) is 7.39. The van der Waals surface area contributed by atoms with Crippen molar-refractivity contribution in [2.24, 2.45) is 0 Å². The van der Waals surface area contributed by atoms with Gasteiger partial charge in [0.1, 0.15) is 5.01 Å². The molecule has 6 nitrogen and oxygen atoms in total. The van der Waals surface area contributed by atoms with Gasteiger partial charge in [0.05, 0.1) is 39.0 Å². The zero-order valence-corrected chi connectivity index (χ0v) is 21.1. The molecular weight excluding hydrogens is 462 g/mol. The molecule has 0 unspecified atom stereocenters. The largest absolute Gasteiger partial charge is 0.297 e. The molecule has 3 heterocycles. The van der Waals surface area contributed by atoms with Crippen LogP contribution < -0.4 is 0 Å². The highest BCUT2D eigenvalue weighted by atomic mass is 32.2. The number of carbonyl (C=O) groups excluding carboxylic acids is 1. The molecule has 170 valence electrons. The second kappa shape index (κ2) is 9.13. The fourth-order valence-electron chi connectivity index (χ4n) is 4.15. The van der Waals surface area contributed by atoms with E-state index < -0.39 is 21.3 Å². The van der Waals surface area contributed by atoms with E-state index >= 15 is 0 Å². The number of aromatic nitrogens is 2. The van der Waals surface area contributed by atoms with Crippen molar-refractivity contribution in [3.05, 3.63) is 57.0 Å². The van der Waals surface area contributed by atoms with Gasteiger partial charge in [-0.15, -0.1) is 22.7 Å². The summed E-state index contributed by atoms with van der Waals surface area (Å²) in [6, 6.07) is 9.19. The van der Waals surface area contributed by atoms with Crippen LogP contribution in [0.4, 0.5) is 0 Å². The zero-order valence-electron chi connectivity index (χ0n) is 18.6. The Labute approximate surface area is 197 Å². The smallest absolute Gasteiger partial charge is 0.217 e. The van der Waals surface area contributed by atoms with Gasteiger partial charge < -0.3 is 0 Å². The van der Waals surface area contributed by atoms with E-state index in [2.05, 4.69) is 9.97 Å². The lowest BCUT2D eigenvalue weighted by Crippen LogP contribution is -2.44. The molecule has 0 saturated carbocycles. The Morgan fingerprint density at radius 2 is 1.91 bits per heavy atom. The van der Waals surface area contributed by atoms with E-state index in [0.29, 0.717) is 18.0 Å². The van der Waals surface area contributed by atoms with Crippen LogP contribution in [0, 0.1) is 13.8 Å². The van der Waals surface area contributed by atoms with Crippen LogP contribution in [-0.2, 0) is 21.2 Å². The first kappa shape index (κ1) is 23.2. The van der Waals surface area contributed by atoms with E-state index in [4.69, 9.17) is 0 Å². The predicted octanol–water partition coefficient (Wildman–Crippen LogP) is 4.59. The van der Waals surface area contributed by atoms with Gasteiger partial charge >= 0.3 is 0 Å². The number of hydrogen-bond donors (Lipinski definition) is 0. The summed E-state index contributed by atoms with van der Waals surface area (Å²) in [6.07, 6.45) is 0.637. The Balaban J connectivity index is 1.57. The monoisotopic (exact) mass is 489 g/mol. The minimum absolute atomic E-state index is 0.00773. The van der Waals surface area contributed by atoms with E-state index in [1.165, 1.54) is 15.6 Å². The van der Waals surface area contributed by atoms with Gasteiger partial charge in [-0.3, -0.25) is 4.79 Å². The lowest BCUT2D eigenvalue weighted by atomic mass is 9.95. The Hall–Kier alpha value is -1.94. The second-order valence-corrected chi connectivity index (χ2v) is 13.0. The molecule has 0 N–H and O–H groups in total. The third kappa shape index (κ3) is 4.57. The van der Waals surface area contributed by atoms with Crippen molar-refractivity contribution in [2.45, 2.75) is 57.7 Å². The predicted molar refractivity (Wildman–Crippen MR) is 130 cm³/mol. The van der Waals surface area contributed by atoms with Crippen LogP contribution >= 0.6 is 22.7 Å². The normalized spacial score (nSPS) is 19.7. The van der Waals surface area contributed by atoms with Crippen molar-refractivity contribution < 1.29 is 13.2 Å². The molecule has 1 saturated heterocycles. The fraction of sp³-hybridized carbons (Fsp3) is 0.435. The Morgan fingerprint density at radius 1 is 1.19 bits per heavy atom. The van der Waals surface area contributed by atoms with Crippen LogP contribution in [0.3, 0.4) is 0 Å². The summed E-state index contributed by atoms with van der Waals surface area (Å²) < 4.78 is 27.6. The SMILES string of the molecule is Cc1nc(C)c(-c2csc(CC(=O)[C@@H]3C[C@@H](c4ccccc4)CN3S(=O)(=O)C(C)C)n2)s1. The van der Waals surface area contributed by atoms with Crippen molar-refractivity contribution in [1.82, 2.24) is 14.3 Å². The Bertz CT molecular complexity index is 1220. The van der Waals surface area contributed by atoms with Crippen LogP contribution in [0.5, 0.6) is 0 Å². The average Bonchev–Trinajstić information content (AvgIpc) is 3.47. The molecule has 1 aliphatic rings. The number of ketones is 1. The molecule has 4 rings (SSSR count). The lowest BCUT2D eigenvalue weighted by Gasteiger charge is -2.24. The molecule has 1 aliphatic heterocycles. The van der Waals surface area contributed by atoms with Gasteiger partial charge in [0, 0.05) is 11.9 Å². The molecule has 0 amide bonds. The minimum atomic E-state index is -3.56. The van der Waals surface area contributed by atoms with Gasteiger partial charge in [-0.05, 0) is 45.6 Å². The number of thiazole rings is 2. The number of hydrogen-bond acceptors (Lipinski definition) is 7. The highest BCUT2D eigenvalue weighted by molar-refractivity contribution is 7.89. The molecule has 0 bridgehead atoms. The molecule has 1 fully saturated rings. The number of nitrogens with zero attached hydrogens (tertiary/aromatic N) is 3.